The Labute approximate surface area is 93.9 Å². The van der Waals surface area contributed by atoms with Crippen molar-refractivity contribution in [3.8, 4) is 0 Å². The van der Waals surface area contributed by atoms with Crippen molar-refractivity contribution >= 4 is 17.8 Å². The molecule has 92 valence electrons. The molecule has 0 aromatic carbocycles. The smallest absolute Gasteiger partial charge is 0.315 e. The first-order valence-electron chi connectivity index (χ1n) is 5.12. The lowest BCUT2D eigenvalue weighted by Gasteiger charge is -2.12. The Morgan fingerprint density at radius 2 is 1.69 bits per heavy atom. The third-order valence-corrected chi connectivity index (χ3v) is 1.91. The molecule has 0 aliphatic heterocycles. The molecule has 0 aliphatic rings. The first-order valence-corrected chi connectivity index (χ1v) is 5.12. The molecule has 0 rings (SSSR count). The summed E-state index contributed by atoms with van der Waals surface area (Å²) in [6.45, 7) is 2.51. The van der Waals surface area contributed by atoms with E-state index >= 15 is 0 Å². The topological polar surface area (TPSA) is 127 Å². The number of hydrogen-bond donors (Lipinski definition) is 4. The minimum atomic E-state index is -1.47. The minimum absolute atomic E-state index is 0.476. The van der Waals surface area contributed by atoms with Crippen LogP contribution in [0, 0.1) is 0 Å². The largest absolute Gasteiger partial charge is 0.367 e. The molecule has 0 spiro atoms. The van der Waals surface area contributed by atoms with Gasteiger partial charge in [-0.25, -0.2) is 4.79 Å². The predicted molar refractivity (Wildman–Crippen MR) is 58.2 cm³/mol. The van der Waals surface area contributed by atoms with E-state index in [1.165, 1.54) is 0 Å². The molecule has 6 N–H and O–H groups in total. The molecule has 4 amide bonds. The highest BCUT2D eigenvalue weighted by atomic mass is 16.2. The van der Waals surface area contributed by atoms with Gasteiger partial charge in [0, 0.05) is 6.54 Å². The zero-order valence-electron chi connectivity index (χ0n) is 9.29. The Bertz CT molecular complexity index is 253. The summed E-state index contributed by atoms with van der Waals surface area (Å²) in [4.78, 5) is 32.7. The van der Waals surface area contributed by atoms with Crippen LogP contribution in [0.15, 0.2) is 0 Å². The van der Waals surface area contributed by atoms with Crippen LogP contribution >= 0.6 is 0 Å². The number of amides is 4. The molecule has 0 aromatic rings. The maximum absolute atomic E-state index is 11.2. The molecule has 7 nitrogen and oxygen atoms in total. The second-order valence-corrected chi connectivity index (χ2v) is 3.35. The van der Waals surface area contributed by atoms with Crippen molar-refractivity contribution in [3.05, 3.63) is 0 Å². The lowest BCUT2D eigenvalue weighted by molar-refractivity contribution is -0.128. The minimum Gasteiger partial charge on any atom is -0.367 e. The summed E-state index contributed by atoms with van der Waals surface area (Å²) in [5, 5.41) is 4.59. The highest BCUT2D eigenvalue weighted by Gasteiger charge is 2.23. The summed E-state index contributed by atoms with van der Waals surface area (Å²) in [5.41, 5.74) is 9.76. The van der Waals surface area contributed by atoms with Gasteiger partial charge in [-0.2, -0.15) is 0 Å². The van der Waals surface area contributed by atoms with Crippen molar-refractivity contribution in [2.45, 2.75) is 32.2 Å². The van der Waals surface area contributed by atoms with E-state index in [0.29, 0.717) is 6.54 Å². The number of unbranched alkanes of at least 4 members (excludes halogenated alkanes) is 2. The molecule has 7 heteroatoms. The summed E-state index contributed by atoms with van der Waals surface area (Å²) in [6.07, 6.45) is 2.87. The van der Waals surface area contributed by atoms with Gasteiger partial charge >= 0.3 is 6.03 Å². The van der Waals surface area contributed by atoms with Gasteiger partial charge in [0.05, 0.1) is 0 Å². The lowest BCUT2D eigenvalue weighted by atomic mass is 10.2. The maximum atomic E-state index is 11.2. The number of carbonyl (C=O) groups excluding carboxylic acids is 3. The van der Waals surface area contributed by atoms with Crippen LogP contribution in [0.25, 0.3) is 0 Å². The Balaban J connectivity index is 3.92. The molecule has 0 radical (unpaired) electrons. The van der Waals surface area contributed by atoms with Gasteiger partial charge in [-0.1, -0.05) is 19.8 Å². The van der Waals surface area contributed by atoms with Gasteiger partial charge in [-0.3, -0.25) is 9.59 Å². The van der Waals surface area contributed by atoms with Gasteiger partial charge in [0.1, 0.15) is 0 Å². The molecule has 0 heterocycles. The Morgan fingerprint density at radius 3 is 2.12 bits per heavy atom. The van der Waals surface area contributed by atoms with Crippen LogP contribution in [0.3, 0.4) is 0 Å². The average molecular weight is 230 g/mol. The van der Waals surface area contributed by atoms with Crippen LogP contribution in [0.4, 0.5) is 4.79 Å². The molecule has 0 aliphatic carbocycles. The Morgan fingerprint density at radius 1 is 1.12 bits per heavy atom. The van der Waals surface area contributed by atoms with Crippen LogP contribution in [-0.4, -0.2) is 30.4 Å². The highest BCUT2D eigenvalue weighted by Crippen LogP contribution is 1.91. The van der Waals surface area contributed by atoms with E-state index in [4.69, 9.17) is 11.5 Å². The van der Waals surface area contributed by atoms with Crippen molar-refractivity contribution < 1.29 is 14.4 Å². The van der Waals surface area contributed by atoms with Crippen LogP contribution in [0.5, 0.6) is 0 Å². The van der Waals surface area contributed by atoms with Crippen LogP contribution in [0.1, 0.15) is 26.2 Å². The van der Waals surface area contributed by atoms with E-state index in [9.17, 15) is 14.4 Å². The molecule has 0 fully saturated rings. The standard InChI is InChI=1S/C9H18N4O3/c1-2-3-4-5-12-9(16)13-6(7(10)14)8(11)15/h6H,2-5H2,1H3,(H2,10,14)(H2,11,15)(H2,12,13,16). The van der Waals surface area contributed by atoms with Crippen molar-refractivity contribution in [2.24, 2.45) is 11.5 Å². The Kier molecular flexibility index (Phi) is 6.66. The van der Waals surface area contributed by atoms with Gasteiger partial charge in [0.25, 0.3) is 0 Å². The molecule has 0 atom stereocenters. The summed E-state index contributed by atoms with van der Waals surface area (Å²) in [5.74, 6) is -1.95. The second kappa shape index (κ2) is 7.49. The number of rotatable bonds is 7. The molecule has 0 saturated carbocycles. The lowest BCUT2D eigenvalue weighted by Crippen LogP contribution is -2.55. The van der Waals surface area contributed by atoms with Gasteiger partial charge in [-0.15, -0.1) is 0 Å². The maximum Gasteiger partial charge on any atom is 0.315 e. The van der Waals surface area contributed by atoms with Crippen molar-refractivity contribution in [2.75, 3.05) is 6.54 Å². The van der Waals surface area contributed by atoms with Crippen molar-refractivity contribution in [1.29, 1.82) is 0 Å². The summed E-state index contributed by atoms with van der Waals surface area (Å²) in [7, 11) is 0. The number of nitrogens with two attached hydrogens (primary N) is 2. The fraction of sp³-hybridized carbons (Fsp3) is 0.667. The summed E-state index contributed by atoms with van der Waals surface area (Å²) < 4.78 is 0. The summed E-state index contributed by atoms with van der Waals surface area (Å²) in [6, 6.07) is -2.09. The number of urea groups is 1. The average Bonchev–Trinajstić information content (AvgIpc) is 2.20. The molecular formula is C9H18N4O3. The van der Waals surface area contributed by atoms with E-state index in [1.807, 2.05) is 6.92 Å². The monoisotopic (exact) mass is 230 g/mol. The third kappa shape index (κ3) is 5.84. The fourth-order valence-corrected chi connectivity index (χ4v) is 1.04. The van der Waals surface area contributed by atoms with E-state index < -0.39 is 23.9 Å². The molecular weight excluding hydrogens is 212 g/mol. The fourth-order valence-electron chi connectivity index (χ4n) is 1.04. The second-order valence-electron chi connectivity index (χ2n) is 3.35. The number of nitrogens with one attached hydrogen (secondary N) is 2. The van der Waals surface area contributed by atoms with Gasteiger partial charge in [0.15, 0.2) is 6.04 Å². The molecule has 0 aromatic heterocycles. The van der Waals surface area contributed by atoms with Crippen LogP contribution in [-0.2, 0) is 9.59 Å². The van der Waals surface area contributed by atoms with Crippen molar-refractivity contribution in [3.63, 3.8) is 0 Å². The van der Waals surface area contributed by atoms with E-state index in [-0.39, 0.29) is 0 Å². The molecule has 0 bridgehead atoms. The molecule has 16 heavy (non-hydrogen) atoms. The van der Waals surface area contributed by atoms with Gasteiger partial charge < -0.3 is 22.1 Å². The van der Waals surface area contributed by atoms with E-state index in [0.717, 1.165) is 19.3 Å². The SMILES string of the molecule is CCCCCNC(=O)NC(C(N)=O)C(N)=O. The Hall–Kier alpha value is -1.79. The van der Waals surface area contributed by atoms with Crippen LogP contribution in [0.2, 0.25) is 0 Å². The van der Waals surface area contributed by atoms with Crippen molar-refractivity contribution in [1.82, 2.24) is 10.6 Å². The predicted octanol–water partition coefficient (Wildman–Crippen LogP) is -1.18. The first-order chi connectivity index (χ1) is 7.49. The van der Waals surface area contributed by atoms with E-state index in [1.54, 1.807) is 0 Å². The van der Waals surface area contributed by atoms with Gasteiger partial charge in [-0.05, 0) is 6.42 Å². The first kappa shape index (κ1) is 14.2. The van der Waals surface area contributed by atoms with E-state index in [2.05, 4.69) is 10.6 Å². The normalized spacial score (nSPS) is 9.88. The quantitative estimate of drug-likeness (QED) is 0.324. The zero-order chi connectivity index (χ0) is 12.6. The highest BCUT2D eigenvalue weighted by molar-refractivity contribution is 6.05. The number of primary amides is 2. The van der Waals surface area contributed by atoms with Crippen LogP contribution < -0.4 is 22.1 Å². The number of hydrogen-bond acceptors (Lipinski definition) is 3. The molecule has 0 unspecified atom stereocenters. The zero-order valence-corrected chi connectivity index (χ0v) is 9.29. The number of carbonyl (C=O) groups is 3. The molecule has 0 saturated heterocycles. The summed E-state index contributed by atoms with van der Waals surface area (Å²) >= 11 is 0. The van der Waals surface area contributed by atoms with Gasteiger partial charge in [0.2, 0.25) is 11.8 Å². The third-order valence-electron chi connectivity index (χ3n) is 1.91.